The van der Waals surface area contributed by atoms with E-state index in [0.717, 1.165) is 30.8 Å². The molecular weight excluding hydrogens is 288 g/mol. The second-order valence-corrected chi connectivity index (χ2v) is 10.7. The largest absolute Gasteiger partial charge is 0.407 e. The van der Waals surface area contributed by atoms with Crippen molar-refractivity contribution < 1.29 is 4.43 Å². The normalized spacial score (nSPS) is 13.3. The molecule has 3 nitrogen and oxygen atoms in total. The van der Waals surface area contributed by atoms with Gasteiger partial charge >= 0.3 is 0 Å². The van der Waals surface area contributed by atoms with Crippen molar-refractivity contribution in [1.82, 2.24) is 9.55 Å². The van der Waals surface area contributed by atoms with Crippen molar-refractivity contribution >= 4 is 8.32 Å². The van der Waals surface area contributed by atoms with Crippen LogP contribution in [0.1, 0.15) is 37.8 Å². The first-order chi connectivity index (χ1) is 10.6. The van der Waals surface area contributed by atoms with Crippen LogP contribution in [0.2, 0.25) is 18.6 Å². The van der Waals surface area contributed by atoms with Gasteiger partial charge in [-0.3, -0.25) is 0 Å². The summed E-state index contributed by atoms with van der Waals surface area (Å²) in [4.78, 5) is 4.54. The van der Waals surface area contributed by atoms with Crippen LogP contribution in [0.3, 0.4) is 0 Å². The van der Waals surface area contributed by atoms with Crippen molar-refractivity contribution in [2.24, 2.45) is 7.05 Å². The molecule has 0 aliphatic rings. The zero-order chi connectivity index (χ0) is 16.0. The Labute approximate surface area is 135 Å². The highest BCUT2D eigenvalue weighted by Crippen LogP contribution is 2.29. The van der Waals surface area contributed by atoms with E-state index in [1.165, 1.54) is 5.56 Å². The summed E-state index contributed by atoms with van der Waals surface area (Å²) in [6.45, 7) is 6.84. The number of rotatable bonds is 8. The third-order valence-electron chi connectivity index (χ3n) is 4.61. The topological polar surface area (TPSA) is 27.1 Å². The van der Waals surface area contributed by atoms with Crippen LogP contribution < -0.4 is 0 Å². The molecule has 1 unspecified atom stereocenters. The van der Waals surface area contributed by atoms with Crippen molar-refractivity contribution in [3.05, 3.63) is 54.1 Å². The van der Waals surface area contributed by atoms with Gasteiger partial charge in [0.1, 0.15) is 11.9 Å². The molecule has 120 valence electrons. The second-order valence-electron chi connectivity index (χ2n) is 6.18. The summed E-state index contributed by atoms with van der Waals surface area (Å²) in [7, 11) is 0.423. The highest BCUT2D eigenvalue weighted by Gasteiger charge is 2.30. The molecule has 0 bridgehead atoms. The summed E-state index contributed by atoms with van der Waals surface area (Å²) in [6.07, 6.45) is 5.97. The predicted molar refractivity (Wildman–Crippen MR) is 94.4 cm³/mol. The first kappa shape index (κ1) is 17.0. The molecule has 0 N–H and O–H groups in total. The van der Waals surface area contributed by atoms with Gasteiger partial charge in [0, 0.05) is 19.4 Å². The van der Waals surface area contributed by atoms with E-state index in [4.69, 9.17) is 4.43 Å². The molecule has 0 saturated heterocycles. The van der Waals surface area contributed by atoms with Gasteiger partial charge in [-0.2, -0.15) is 0 Å². The fraction of sp³-hybridized carbons (Fsp3) is 0.500. The van der Waals surface area contributed by atoms with Gasteiger partial charge in [0.2, 0.25) is 0 Å². The SMILES string of the molecule is CC[Si](C)(CC)OC(CCc1ccccc1)c1nccn1C. The molecule has 0 radical (unpaired) electrons. The zero-order valence-electron chi connectivity index (χ0n) is 14.2. The number of nitrogens with zero attached hydrogens (tertiary/aromatic N) is 2. The molecule has 1 aromatic heterocycles. The van der Waals surface area contributed by atoms with Gasteiger partial charge < -0.3 is 8.99 Å². The Morgan fingerprint density at radius 1 is 1.18 bits per heavy atom. The number of hydrogen-bond acceptors (Lipinski definition) is 2. The number of aryl methyl sites for hydroxylation is 2. The highest BCUT2D eigenvalue weighted by atomic mass is 28.4. The minimum Gasteiger partial charge on any atom is -0.407 e. The Morgan fingerprint density at radius 2 is 1.86 bits per heavy atom. The lowest BCUT2D eigenvalue weighted by Crippen LogP contribution is -2.35. The molecule has 0 saturated carbocycles. The molecule has 1 atom stereocenters. The molecular formula is C18H28N2OSi. The van der Waals surface area contributed by atoms with Gasteiger partial charge in [-0.05, 0) is 37.0 Å². The van der Waals surface area contributed by atoms with Crippen molar-refractivity contribution in [2.75, 3.05) is 0 Å². The maximum absolute atomic E-state index is 6.64. The van der Waals surface area contributed by atoms with E-state index in [9.17, 15) is 0 Å². The van der Waals surface area contributed by atoms with Crippen LogP contribution in [0.25, 0.3) is 0 Å². The molecule has 4 heteroatoms. The van der Waals surface area contributed by atoms with Crippen LogP contribution >= 0.6 is 0 Å². The first-order valence-electron chi connectivity index (χ1n) is 8.27. The second kappa shape index (κ2) is 7.74. The summed E-state index contributed by atoms with van der Waals surface area (Å²) in [6, 6.07) is 12.9. The standard InChI is InChI=1S/C18H28N2OSi/c1-5-22(4,6-2)21-17(18-19-14-15-20(18)3)13-12-16-10-8-7-9-11-16/h7-11,14-15,17H,5-6,12-13H2,1-4H3. The Bertz CT molecular complexity index is 563. The minimum atomic E-state index is -1.63. The molecule has 0 spiro atoms. The Morgan fingerprint density at radius 3 is 2.41 bits per heavy atom. The summed E-state index contributed by atoms with van der Waals surface area (Å²) in [5.41, 5.74) is 1.36. The van der Waals surface area contributed by atoms with Crippen LogP contribution in [-0.4, -0.2) is 17.9 Å². The predicted octanol–water partition coefficient (Wildman–Crippen LogP) is 4.73. The summed E-state index contributed by atoms with van der Waals surface area (Å²) < 4.78 is 8.73. The molecule has 1 aromatic carbocycles. The molecule has 22 heavy (non-hydrogen) atoms. The van der Waals surface area contributed by atoms with Gasteiger partial charge in [-0.25, -0.2) is 4.98 Å². The van der Waals surface area contributed by atoms with E-state index in [2.05, 4.69) is 67.3 Å². The Hall–Kier alpha value is -1.39. The van der Waals surface area contributed by atoms with Gasteiger partial charge in [0.15, 0.2) is 8.32 Å². The van der Waals surface area contributed by atoms with Gasteiger partial charge in [0.05, 0.1) is 0 Å². The summed E-state index contributed by atoms with van der Waals surface area (Å²) in [5, 5.41) is 0. The van der Waals surface area contributed by atoms with Crippen LogP contribution in [0.15, 0.2) is 42.7 Å². The summed E-state index contributed by atoms with van der Waals surface area (Å²) >= 11 is 0. The quantitative estimate of drug-likeness (QED) is 0.659. The summed E-state index contributed by atoms with van der Waals surface area (Å²) in [5.74, 6) is 1.05. The van der Waals surface area contributed by atoms with Crippen molar-refractivity contribution in [1.29, 1.82) is 0 Å². The number of hydrogen-bond donors (Lipinski definition) is 0. The first-order valence-corrected chi connectivity index (χ1v) is 11.1. The van der Waals surface area contributed by atoms with E-state index < -0.39 is 8.32 Å². The molecule has 2 rings (SSSR count). The average Bonchev–Trinajstić information content (AvgIpc) is 2.98. The van der Waals surface area contributed by atoms with Crippen molar-refractivity contribution in [3.8, 4) is 0 Å². The monoisotopic (exact) mass is 316 g/mol. The fourth-order valence-corrected chi connectivity index (χ4v) is 4.37. The number of imidazole rings is 1. The van der Waals surface area contributed by atoms with E-state index in [1.807, 2.05) is 12.4 Å². The fourth-order valence-electron chi connectivity index (χ4n) is 2.63. The molecule has 0 aliphatic carbocycles. The van der Waals surface area contributed by atoms with E-state index in [-0.39, 0.29) is 6.10 Å². The zero-order valence-corrected chi connectivity index (χ0v) is 15.2. The maximum atomic E-state index is 6.64. The smallest absolute Gasteiger partial charge is 0.190 e. The third kappa shape index (κ3) is 4.30. The van der Waals surface area contributed by atoms with Crippen LogP contribution in [0, 0.1) is 0 Å². The average molecular weight is 317 g/mol. The molecule has 1 heterocycles. The van der Waals surface area contributed by atoms with E-state index in [1.54, 1.807) is 0 Å². The molecule has 2 aromatic rings. The number of aromatic nitrogens is 2. The molecule has 0 fully saturated rings. The van der Waals surface area contributed by atoms with Gasteiger partial charge in [0.25, 0.3) is 0 Å². The van der Waals surface area contributed by atoms with Crippen LogP contribution in [0.4, 0.5) is 0 Å². The Kier molecular flexibility index (Phi) is 5.97. The maximum Gasteiger partial charge on any atom is 0.190 e. The lowest BCUT2D eigenvalue weighted by Gasteiger charge is -2.30. The minimum absolute atomic E-state index is 0.0942. The van der Waals surface area contributed by atoms with E-state index in [0.29, 0.717) is 0 Å². The number of benzene rings is 1. The Balaban J connectivity index is 2.13. The lowest BCUT2D eigenvalue weighted by molar-refractivity contribution is 0.169. The van der Waals surface area contributed by atoms with Crippen LogP contribution in [0.5, 0.6) is 0 Å². The molecule has 0 aliphatic heterocycles. The van der Waals surface area contributed by atoms with E-state index >= 15 is 0 Å². The van der Waals surface area contributed by atoms with Crippen molar-refractivity contribution in [3.63, 3.8) is 0 Å². The van der Waals surface area contributed by atoms with Crippen LogP contribution in [-0.2, 0) is 17.9 Å². The van der Waals surface area contributed by atoms with Gasteiger partial charge in [-0.15, -0.1) is 0 Å². The van der Waals surface area contributed by atoms with Gasteiger partial charge in [-0.1, -0.05) is 44.2 Å². The lowest BCUT2D eigenvalue weighted by atomic mass is 10.1. The highest BCUT2D eigenvalue weighted by molar-refractivity contribution is 6.72. The van der Waals surface area contributed by atoms with Crippen molar-refractivity contribution in [2.45, 2.75) is 51.4 Å². The molecule has 0 amide bonds. The third-order valence-corrected chi connectivity index (χ3v) is 8.45.